The highest BCUT2D eigenvalue weighted by Crippen LogP contribution is 2.30. The predicted molar refractivity (Wildman–Crippen MR) is 77.3 cm³/mol. The molecule has 20 heavy (non-hydrogen) atoms. The van der Waals surface area contributed by atoms with Crippen LogP contribution in [-0.2, 0) is 0 Å². The van der Waals surface area contributed by atoms with Crippen molar-refractivity contribution < 1.29 is 5.11 Å². The van der Waals surface area contributed by atoms with Gasteiger partial charge in [-0.2, -0.15) is 5.10 Å². The Morgan fingerprint density at radius 3 is 2.70 bits per heavy atom. The number of aliphatic hydroxyl groups is 1. The Bertz CT molecular complexity index is 712. The number of halogens is 1. The van der Waals surface area contributed by atoms with E-state index in [1.54, 1.807) is 30.7 Å². The average molecular weight is 286 g/mol. The van der Waals surface area contributed by atoms with Crippen LogP contribution in [0, 0.1) is 0 Å². The molecule has 4 nitrogen and oxygen atoms in total. The van der Waals surface area contributed by atoms with E-state index in [2.05, 4.69) is 15.2 Å². The van der Waals surface area contributed by atoms with Crippen molar-refractivity contribution in [2.75, 3.05) is 0 Å². The second-order valence-electron chi connectivity index (χ2n) is 4.39. The van der Waals surface area contributed by atoms with Gasteiger partial charge in [-0.3, -0.25) is 10.1 Å². The average Bonchev–Trinajstić information content (AvgIpc) is 2.97. The van der Waals surface area contributed by atoms with E-state index >= 15 is 0 Å². The molecule has 3 aromatic rings. The largest absolute Gasteiger partial charge is 0.382 e. The molecule has 0 aliphatic heterocycles. The minimum absolute atomic E-state index is 0.589. The molecule has 2 N–H and O–H groups in total. The van der Waals surface area contributed by atoms with Gasteiger partial charge in [-0.25, -0.2) is 0 Å². The summed E-state index contributed by atoms with van der Waals surface area (Å²) in [6.07, 6.45) is 4.30. The molecule has 0 amide bonds. The van der Waals surface area contributed by atoms with Gasteiger partial charge in [-0.05, 0) is 35.4 Å². The lowest BCUT2D eigenvalue weighted by molar-refractivity contribution is 0.216. The Labute approximate surface area is 121 Å². The number of aliphatic hydroxyl groups excluding tert-OH is 1. The fraction of sp³-hybridized carbons (Fsp3) is 0.0667. The normalized spacial score (nSPS) is 12.3. The van der Waals surface area contributed by atoms with Gasteiger partial charge in [-0.1, -0.05) is 23.7 Å². The minimum atomic E-state index is -0.806. The number of pyridine rings is 1. The monoisotopic (exact) mass is 285 g/mol. The van der Waals surface area contributed by atoms with Gasteiger partial charge < -0.3 is 5.11 Å². The molecular formula is C15H12ClN3O. The predicted octanol–water partition coefficient (Wildman–Crippen LogP) is 3.21. The zero-order valence-corrected chi connectivity index (χ0v) is 11.2. The van der Waals surface area contributed by atoms with E-state index in [1.165, 1.54) is 0 Å². The third-order valence-electron chi connectivity index (χ3n) is 3.10. The number of nitrogens with one attached hydrogen (secondary N) is 1. The first kappa shape index (κ1) is 12.8. The number of nitrogens with zero attached hydrogens (tertiary/aromatic N) is 2. The van der Waals surface area contributed by atoms with E-state index in [9.17, 15) is 5.11 Å². The summed E-state index contributed by atoms with van der Waals surface area (Å²) < 4.78 is 0. The maximum Gasteiger partial charge on any atom is 0.121 e. The second-order valence-corrected chi connectivity index (χ2v) is 4.83. The summed E-state index contributed by atoms with van der Waals surface area (Å²) in [6, 6.07) is 10.9. The number of rotatable bonds is 3. The molecule has 0 radical (unpaired) electrons. The van der Waals surface area contributed by atoms with Crippen molar-refractivity contribution in [3.05, 3.63) is 71.3 Å². The van der Waals surface area contributed by atoms with Crippen molar-refractivity contribution in [1.82, 2.24) is 15.2 Å². The molecule has 0 fully saturated rings. The number of H-pyrrole nitrogens is 1. The van der Waals surface area contributed by atoms with Crippen LogP contribution in [0.2, 0.25) is 5.02 Å². The third-order valence-corrected chi connectivity index (χ3v) is 3.33. The number of hydrogen-bond acceptors (Lipinski definition) is 3. The number of benzene rings is 1. The molecule has 0 aliphatic carbocycles. The summed E-state index contributed by atoms with van der Waals surface area (Å²) in [7, 11) is 0. The molecule has 0 saturated carbocycles. The van der Waals surface area contributed by atoms with Crippen LogP contribution in [0.4, 0.5) is 0 Å². The first-order valence-electron chi connectivity index (χ1n) is 6.13. The Balaban J connectivity index is 2.02. The lowest BCUT2D eigenvalue weighted by Gasteiger charge is -2.12. The highest BCUT2D eigenvalue weighted by atomic mass is 35.5. The van der Waals surface area contributed by atoms with E-state index in [1.807, 2.05) is 24.3 Å². The van der Waals surface area contributed by atoms with E-state index < -0.39 is 6.10 Å². The number of aromatic nitrogens is 3. The fourth-order valence-electron chi connectivity index (χ4n) is 2.11. The zero-order chi connectivity index (χ0) is 13.9. The SMILES string of the molecule is OC(c1cccc(Cl)c1)c1[nH]ncc1-c1ccncc1. The smallest absolute Gasteiger partial charge is 0.121 e. The zero-order valence-electron chi connectivity index (χ0n) is 10.5. The van der Waals surface area contributed by atoms with Crippen molar-refractivity contribution in [3.63, 3.8) is 0 Å². The summed E-state index contributed by atoms with van der Waals surface area (Å²) in [5, 5.41) is 18.0. The summed E-state index contributed by atoms with van der Waals surface area (Å²) in [5.41, 5.74) is 3.15. The standard InChI is InChI=1S/C15H12ClN3O/c16-12-3-1-2-11(8-12)15(20)14-13(9-18-19-14)10-4-6-17-7-5-10/h1-9,15,20H,(H,18,19). The van der Waals surface area contributed by atoms with Crippen LogP contribution in [0.1, 0.15) is 17.4 Å². The van der Waals surface area contributed by atoms with Crippen LogP contribution in [0.25, 0.3) is 11.1 Å². The number of aromatic amines is 1. The Hall–Kier alpha value is -2.17. The van der Waals surface area contributed by atoms with Crippen molar-refractivity contribution in [2.24, 2.45) is 0 Å². The van der Waals surface area contributed by atoms with Crippen LogP contribution >= 0.6 is 11.6 Å². The molecule has 0 saturated heterocycles. The Morgan fingerprint density at radius 2 is 1.95 bits per heavy atom. The Kier molecular flexibility index (Phi) is 3.50. The first-order valence-corrected chi connectivity index (χ1v) is 6.50. The van der Waals surface area contributed by atoms with Crippen molar-refractivity contribution in [1.29, 1.82) is 0 Å². The molecule has 100 valence electrons. The maximum atomic E-state index is 10.5. The Morgan fingerprint density at radius 1 is 1.15 bits per heavy atom. The fourth-order valence-corrected chi connectivity index (χ4v) is 2.31. The molecule has 0 aliphatic rings. The topological polar surface area (TPSA) is 61.8 Å². The van der Waals surface area contributed by atoms with Gasteiger partial charge in [0.15, 0.2) is 0 Å². The van der Waals surface area contributed by atoms with Crippen LogP contribution < -0.4 is 0 Å². The third kappa shape index (κ3) is 2.43. The van der Waals surface area contributed by atoms with E-state index in [0.717, 1.165) is 16.7 Å². The van der Waals surface area contributed by atoms with Gasteiger partial charge in [-0.15, -0.1) is 0 Å². The molecule has 5 heteroatoms. The van der Waals surface area contributed by atoms with Gasteiger partial charge in [0.2, 0.25) is 0 Å². The molecule has 2 heterocycles. The maximum absolute atomic E-state index is 10.5. The van der Waals surface area contributed by atoms with Gasteiger partial charge >= 0.3 is 0 Å². The summed E-state index contributed by atoms with van der Waals surface area (Å²) >= 11 is 5.96. The van der Waals surface area contributed by atoms with Gasteiger partial charge in [0, 0.05) is 23.0 Å². The van der Waals surface area contributed by atoms with Crippen LogP contribution in [0.3, 0.4) is 0 Å². The summed E-state index contributed by atoms with van der Waals surface area (Å²) in [4.78, 5) is 3.99. The van der Waals surface area contributed by atoms with Crippen molar-refractivity contribution in [2.45, 2.75) is 6.10 Å². The van der Waals surface area contributed by atoms with Crippen LogP contribution in [-0.4, -0.2) is 20.3 Å². The molecule has 2 aromatic heterocycles. The second kappa shape index (κ2) is 5.45. The lowest BCUT2D eigenvalue weighted by atomic mass is 10.0. The van der Waals surface area contributed by atoms with Gasteiger partial charge in [0.1, 0.15) is 6.10 Å². The van der Waals surface area contributed by atoms with Gasteiger partial charge in [0.25, 0.3) is 0 Å². The molecule has 0 spiro atoms. The van der Waals surface area contributed by atoms with E-state index in [-0.39, 0.29) is 0 Å². The van der Waals surface area contributed by atoms with E-state index in [4.69, 9.17) is 11.6 Å². The lowest BCUT2D eigenvalue weighted by Crippen LogP contribution is -2.02. The van der Waals surface area contributed by atoms with Crippen LogP contribution in [0.5, 0.6) is 0 Å². The summed E-state index contributed by atoms with van der Waals surface area (Å²) in [6.45, 7) is 0. The molecule has 1 aromatic carbocycles. The highest BCUT2D eigenvalue weighted by Gasteiger charge is 2.18. The highest BCUT2D eigenvalue weighted by molar-refractivity contribution is 6.30. The number of hydrogen-bond donors (Lipinski definition) is 2. The summed E-state index contributed by atoms with van der Waals surface area (Å²) in [5.74, 6) is 0. The van der Waals surface area contributed by atoms with E-state index in [0.29, 0.717) is 10.7 Å². The molecule has 1 atom stereocenters. The first-order chi connectivity index (χ1) is 9.75. The molecule has 0 bridgehead atoms. The van der Waals surface area contributed by atoms with Gasteiger partial charge in [0.05, 0.1) is 11.9 Å². The van der Waals surface area contributed by atoms with Crippen molar-refractivity contribution in [3.8, 4) is 11.1 Å². The minimum Gasteiger partial charge on any atom is -0.382 e. The molecule has 1 unspecified atom stereocenters. The molecular weight excluding hydrogens is 274 g/mol. The van der Waals surface area contributed by atoms with Crippen LogP contribution in [0.15, 0.2) is 55.0 Å². The quantitative estimate of drug-likeness (QED) is 0.777. The molecule has 3 rings (SSSR count). The van der Waals surface area contributed by atoms with Crippen molar-refractivity contribution >= 4 is 11.6 Å².